The average Bonchev–Trinajstić information content (AvgIpc) is 2.42. The lowest BCUT2D eigenvalue weighted by Crippen LogP contribution is -2.50. The normalized spacial score (nSPS) is 19.9. The van der Waals surface area contributed by atoms with E-state index in [0.29, 0.717) is 13.2 Å². The summed E-state index contributed by atoms with van der Waals surface area (Å²) in [5.74, 6) is 0.904. The molecule has 1 aliphatic heterocycles. The molecule has 0 bridgehead atoms. The van der Waals surface area contributed by atoms with E-state index in [9.17, 15) is 5.11 Å². The number of β-amino-alcohol motifs (C(OH)–C–C–N with tert-alkyl or cyclic N) is 1. The predicted octanol–water partition coefficient (Wildman–Crippen LogP) is 2.46. The van der Waals surface area contributed by atoms with Gasteiger partial charge in [0.1, 0.15) is 18.5 Å². The minimum absolute atomic E-state index is 0.136. The Morgan fingerprint density at radius 1 is 1.27 bits per heavy atom. The molecule has 1 heterocycles. The molecule has 0 saturated carbocycles. The van der Waals surface area contributed by atoms with Crippen molar-refractivity contribution in [1.29, 1.82) is 0 Å². The van der Waals surface area contributed by atoms with Crippen molar-refractivity contribution in [3.8, 4) is 5.75 Å². The highest BCUT2D eigenvalue weighted by molar-refractivity contribution is 5.44. The van der Waals surface area contributed by atoms with Crippen LogP contribution in [0.4, 0.5) is 0 Å². The van der Waals surface area contributed by atoms with Gasteiger partial charge >= 0.3 is 0 Å². The van der Waals surface area contributed by atoms with Crippen LogP contribution in [0.5, 0.6) is 5.75 Å². The summed E-state index contributed by atoms with van der Waals surface area (Å²) in [6.07, 6.45) is -0.492. The molecule has 0 spiro atoms. The number of ether oxygens (including phenoxy) is 2. The van der Waals surface area contributed by atoms with E-state index in [0.717, 1.165) is 36.6 Å². The van der Waals surface area contributed by atoms with Crippen molar-refractivity contribution in [2.45, 2.75) is 46.3 Å². The Morgan fingerprint density at radius 3 is 2.64 bits per heavy atom. The predicted molar refractivity (Wildman–Crippen MR) is 88.6 cm³/mol. The van der Waals surface area contributed by atoms with Crippen molar-refractivity contribution in [3.05, 3.63) is 28.8 Å². The fourth-order valence-corrected chi connectivity index (χ4v) is 2.95. The molecule has 1 saturated heterocycles. The van der Waals surface area contributed by atoms with Crippen LogP contribution < -0.4 is 4.74 Å². The number of rotatable bonds is 5. The largest absolute Gasteiger partial charge is 0.490 e. The van der Waals surface area contributed by atoms with Gasteiger partial charge in [-0.1, -0.05) is 12.1 Å². The molecular weight excluding hydrogens is 278 g/mol. The number of morpholine rings is 1. The smallest absolute Gasteiger partial charge is 0.125 e. The summed E-state index contributed by atoms with van der Waals surface area (Å²) in [5.41, 5.74) is 3.34. The van der Waals surface area contributed by atoms with Crippen molar-refractivity contribution in [3.63, 3.8) is 0 Å². The maximum atomic E-state index is 10.3. The minimum atomic E-state index is -0.492. The topological polar surface area (TPSA) is 41.9 Å². The van der Waals surface area contributed by atoms with Gasteiger partial charge in [-0.3, -0.25) is 4.90 Å². The Balaban J connectivity index is 1.88. The van der Waals surface area contributed by atoms with Gasteiger partial charge in [-0.05, 0) is 51.3 Å². The third kappa shape index (κ3) is 4.45. The first kappa shape index (κ1) is 17.3. The van der Waals surface area contributed by atoms with E-state index in [4.69, 9.17) is 9.47 Å². The van der Waals surface area contributed by atoms with Crippen LogP contribution in [0.1, 0.15) is 30.5 Å². The van der Waals surface area contributed by atoms with Gasteiger partial charge in [-0.15, -0.1) is 0 Å². The second kappa shape index (κ2) is 6.99. The van der Waals surface area contributed by atoms with E-state index in [1.807, 2.05) is 6.92 Å². The van der Waals surface area contributed by atoms with Gasteiger partial charge < -0.3 is 14.6 Å². The summed E-state index contributed by atoms with van der Waals surface area (Å²) in [5, 5.41) is 10.3. The second-order valence-electron chi connectivity index (χ2n) is 6.96. The highest BCUT2D eigenvalue weighted by atomic mass is 16.5. The molecule has 124 valence electrons. The number of aliphatic hydroxyl groups excluding tert-OH is 1. The summed E-state index contributed by atoms with van der Waals surface area (Å²) in [4.78, 5) is 2.24. The summed E-state index contributed by atoms with van der Waals surface area (Å²) in [6.45, 7) is 13.7. The molecule has 1 atom stereocenters. The van der Waals surface area contributed by atoms with Crippen molar-refractivity contribution >= 4 is 0 Å². The van der Waals surface area contributed by atoms with Crippen LogP contribution in [-0.4, -0.2) is 54.6 Å². The molecule has 0 aliphatic carbocycles. The van der Waals surface area contributed by atoms with Gasteiger partial charge in [0, 0.05) is 19.6 Å². The SMILES string of the molecule is Cc1ccc(C)c(OCC(O)CN2CCOC(C)(C)C2)c1C. The molecule has 4 nitrogen and oxygen atoms in total. The van der Waals surface area contributed by atoms with Gasteiger partial charge in [-0.2, -0.15) is 0 Å². The number of benzene rings is 1. The average molecular weight is 307 g/mol. The van der Waals surface area contributed by atoms with E-state index in [1.54, 1.807) is 0 Å². The Bertz CT molecular complexity index is 513. The molecule has 1 aliphatic rings. The lowest BCUT2D eigenvalue weighted by Gasteiger charge is -2.38. The van der Waals surface area contributed by atoms with E-state index in [1.165, 1.54) is 5.56 Å². The zero-order valence-electron chi connectivity index (χ0n) is 14.5. The summed E-state index contributed by atoms with van der Waals surface area (Å²) < 4.78 is 11.6. The second-order valence-corrected chi connectivity index (χ2v) is 6.96. The molecule has 4 heteroatoms. The number of aliphatic hydroxyl groups is 1. The van der Waals surface area contributed by atoms with Crippen molar-refractivity contribution in [1.82, 2.24) is 4.90 Å². The summed E-state index contributed by atoms with van der Waals surface area (Å²) >= 11 is 0. The Hall–Kier alpha value is -1.10. The first-order valence-electron chi connectivity index (χ1n) is 8.02. The zero-order valence-corrected chi connectivity index (χ0v) is 14.5. The lowest BCUT2D eigenvalue weighted by atomic mass is 10.1. The number of hydrogen-bond donors (Lipinski definition) is 1. The van der Waals surface area contributed by atoms with Crippen LogP contribution in [-0.2, 0) is 4.74 Å². The van der Waals surface area contributed by atoms with E-state index in [2.05, 4.69) is 44.7 Å². The highest BCUT2D eigenvalue weighted by Gasteiger charge is 2.28. The Labute approximate surface area is 134 Å². The van der Waals surface area contributed by atoms with Crippen LogP contribution in [0.3, 0.4) is 0 Å². The van der Waals surface area contributed by atoms with Crippen LogP contribution in [0.2, 0.25) is 0 Å². The minimum Gasteiger partial charge on any atom is -0.490 e. The molecule has 1 N–H and O–H groups in total. The maximum absolute atomic E-state index is 10.3. The molecule has 22 heavy (non-hydrogen) atoms. The zero-order chi connectivity index (χ0) is 16.3. The van der Waals surface area contributed by atoms with Crippen LogP contribution in [0.25, 0.3) is 0 Å². The highest BCUT2D eigenvalue weighted by Crippen LogP contribution is 2.26. The molecule has 1 unspecified atom stereocenters. The fraction of sp³-hybridized carbons (Fsp3) is 0.667. The molecular formula is C18H29NO3. The van der Waals surface area contributed by atoms with Crippen molar-refractivity contribution in [2.24, 2.45) is 0 Å². The number of hydrogen-bond acceptors (Lipinski definition) is 4. The van der Waals surface area contributed by atoms with E-state index >= 15 is 0 Å². The van der Waals surface area contributed by atoms with Gasteiger partial charge in [-0.25, -0.2) is 0 Å². The first-order chi connectivity index (χ1) is 10.3. The summed E-state index contributed by atoms with van der Waals surface area (Å²) in [7, 11) is 0. The van der Waals surface area contributed by atoms with Gasteiger partial charge in [0.15, 0.2) is 0 Å². The summed E-state index contributed by atoms with van der Waals surface area (Å²) in [6, 6.07) is 4.16. The standard InChI is InChI=1S/C18H29NO3/c1-13-6-7-14(2)17(15(13)3)21-11-16(20)10-19-8-9-22-18(4,5)12-19/h6-7,16,20H,8-12H2,1-5H3. The van der Waals surface area contributed by atoms with Gasteiger partial charge in [0.2, 0.25) is 0 Å². The van der Waals surface area contributed by atoms with E-state index < -0.39 is 6.10 Å². The third-order valence-electron chi connectivity index (χ3n) is 4.27. The Morgan fingerprint density at radius 2 is 1.95 bits per heavy atom. The number of aryl methyl sites for hydroxylation is 2. The Kier molecular flexibility index (Phi) is 5.48. The molecule has 1 fully saturated rings. The molecule has 0 radical (unpaired) electrons. The quantitative estimate of drug-likeness (QED) is 0.907. The molecule has 1 aromatic carbocycles. The molecule has 0 aromatic heterocycles. The lowest BCUT2D eigenvalue weighted by molar-refractivity contribution is -0.0947. The van der Waals surface area contributed by atoms with Crippen LogP contribution >= 0.6 is 0 Å². The van der Waals surface area contributed by atoms with Gasteiger partial charge in [0.25, 0.3) is 0 Å². The maximum Gasteiger partial charge on any atom is 0.125 e. The monoisotopic (exact) mass is 307 g/mol. The van der Waals surface area contributed by atoms with Crippen LogP contribution in [0, 0.1) is 20.8 Å². The van der Waals surface area contributed by atoms with Crippen LogP contribution in [0.15, 0.2) is 12.1 Å². The van der Waals surface area contributed by atoms with Crippen molar-refractivity contribution < 1.29 is 14.6 Å². The first-order valence-corrected chi connectivity index (χ1v) is 8.02. The molecule has 1 aromatic rings. The fourth-order valence-electron chi connectivity index (χ4n) is 2.95. The number of nitrogens with zero attached hydrogens (tertiary/aromatic N) is 1. The van der Waals surface area contributed by atoms with E-state index in [-0.39, 0.29) is 5.60 Å². The third-order valence-corrected chi connectivity index (χ3v) is 4.27. The van der Waals surface area contributed by atoms with Crippen molar-refractivity contribution in [2.75, 3.05) is 32.8 Å². The molecule has 2 rings (SSSR count). The van der Waals surface area contributed by atoms with Gasteiger partial charge in [0.05, 0.1) is 12.2 Å². The molecule has 0 amide bonds.